The molecule has 6 heteroatoms. The van der Waals surface area contributed by atoms with Crippen LogP contribution in [0.3, 0.4) is 0 Å². The second-order valence-electron chi connectivity index (χ2n) is 6.80. The molecule has 0 spiro atoms. The lowest BCUT2D eigenvalue weighted by molar-refractivity contribution is 0.0682. The van der Waals surface area contributed by atoms with Crippen molar-refractivity contribution in [1.82, 2.24) is 19.9 Å². The van der Waals surface area contributed by atoms with Crippen molar-refractivity contribution in [2.45, 2.75) is 19.8 Å². The number of carbonyl (C=O) groups is 1. The first-order valence-electron chi connectivity index (χ1n) is 8.93. The van der Waals surface area contributed by atoms with Gasteiger partial charge in [-0.15, -0.1) is 0 Å². The summed E-state index contributed by atoms with van der Waals surface area (Å²) in [6.45, 7) is 3.80. The number of carbonyl (C=O) groups excluding carboxylic acids is 1. The molecule has 1 amide bonds. The van der Waals surface area contributed by atoms with Gasteiger partial charge in [0.15, 0.2) is 0 Å². The maximum Gasteiger partial charge on any atom is 0.257 e. The molecule has 2 aromatic heterocycles. The zero-order valence-electron chi connectivity index (χ0n) is 14.7. The molecule has 1 aliphatic rings. The van der Waals surface area contributed by atoms with Gasteiger partial charge in [-0.05, 0) is 30.9 Å². The van der Waals surface area contributed by atoms with Crippen LogP contribution in [0.4, 0.5) is 11.6 Å². The van der Waals surface area contributed by atoms with E-state index in [-0.39, 0.29) is 5.91 Å². The molecule has 0 bridgehead atoms. The summed E-state index contributed by atoms with van der Waals surface area (Å²) in [6.07, 6.45) is 7.18. The second kappa shape index (κ2) is 7.07. The fraction of sp³-hybridized carbons (Fsp3) is 0.300. The van der Waals surface area contributed by atoms with Gasteiger partial charge in [-0.2, -0.15) is 0 Å². The molecule has 0 saturated carbocycles. The fourth-order valence-corrected chi connectivity index (χ4v) is 3.38. The molecule has 6 nitrogen and oxygen atoms in total. The molecule has 1 N–H and O–H groups in total. The Morgan fingerprint density at radius 1 is 1.15 bits per heavy atom. The smallest absolute Gasteiger partial charge is 0.257 e. The number of benzene rings is 1. The highest BCUT2D eigenvalue weighted by molar-refractivity contribution is 5.94. The lowest BCUT2D eigenvalue weighted by Gasteiger charge is -2.30. The number of fused-ring (bicyclic) bond motifs is 1. The Morgan fingerprint density at radius 3 is 2.77 bits per heavy atom. The number of anilines is 2. The van der Waals surface area contributed by atoms with Crippen LogP contribution >= 0.6 is 0 Å². The van der Waals surface area contributed by atoms with E-state index in [1.165, 1.54) is 6.42 Å². The first-order chi connectivity index (χ1) is 12.7. The number of nitrogens with zero attached hydrogens (tertiary/aromatic N) is 4. The summed E-state index contributed by atoms with van der Waals surface area (Å²) < 4.78 is 0. The van der Waals surface area contributed by atoms with Gasteiger partial charge in [-0.3, -0.25) is 9.78 Å². The zero-order chi connectivity index (χ0) is 17.9. The first-order valence-corrected chi connectivity index (χ1v) is 8.93. The number of rotatable bonds is 3. The molecule has 1 fully saturated rings. The third kappa shape index (κ3) is 3.35. The molecule has 132 valence electrons. The zero-order valence-corrected chi connectivity index (χ0v) is 14.7. The molecule has 1 unspecified atom stereocenters. The number of para-hydroxylation sites is 1. The molecule has 3 aromatic rings. The van der Waals surface area contributed by atoms with Crippen molar-refractivity contribution >= 4 is 28.4 Å². The summed E-state index contributed by atoms with van der Waals surface area (Å²) >= 11 is 0. The third-order valence-corrected chi connectivity index (χ3v) is 4.72. The van der Waals surface area contributed by atoms with Crippen LogP contribution in [0.5, 0.6) is 0 Å². The van der Waals surface area contributed by atoms with E-state index in [2.05, 4.69) is 27.2 Å². The Balaban J connectivity index is 1.51. The van der Waals surface area contributed by atoms with Gasteiger partial charge in [0.1, 0.15) is 0 Å². The minimum Gasteiger partial charge on any atom is -0.338 e. The number of aromatic nitrogens is 3. The van der Waals surface area contributed by atoms with Crippen molar-refractivity contribution in [1.29, 1.82) is 0 Å². The van der Waals surface area contributed by atoms with Gasteiger partial charge in [0.05, 0.1) is 16.8 Å². The van der Waals surface area contributed by atoms with Crippen LogP contribution in [0, 0.1) is 5.92 Å². The van der Waals surface area contributed by atoms with E-state index >= 15 is 0 Å². The van der Waals surface area contributed by atoms with E-state index in [9.17, 15) is 4.79 Å². The SMILES string of the molecule is CC1CCCN(C(=O)c2cnc(Nc3cccc4cccnc34)nc2)C1. The van der Waals surface area contributed by atoms with Crippen molar-refractivity contribution in [2.75, 3.05) is 18.4 Å². The van der Waals surface area contributed by atoms with Gasteiger partial charge in [0, 0.05) is 37.1 Å². The molecule has 1 aromatic carbocycles. The number of piperidine rings is 1. The van der Waals surface area contributed by atoms with Crippen LogP contribution < -0.4 is 5.32 Å². The third-order valence-electron chi connectivity index (χ3n) is 4.72. The fourth-order valence-electron chi connectivity index (χ4n) is 3.38. The van der Waals surface area contributed by atoms with Crippen LogP contribution in [0.15, 0.2) is 48.9 Å². The van der Waals surface area contributed by atoms with E-state index in [1.807, 2.05) is 35.2 Å². The monoisotopic (exact) mass is 347 g/mol. The van der Waals surface area contributed by atoms with E-state index in [1.54, 1.807) is 18.6 Å². The van der Waals surface area contributed by atoms with Crippen molar-refractivity contribution in [3.05, 3.63) is 54.5 Å². The first kappa shape index (κ1) is 16.4. The van der Waals surface area contributed by atoms with Gasteiger partial charge in [-0.1, -0.05) is 25.1 Å². The van der Waals surface area contributed by atoms with Crippen LogP contribution in [-0.2, 0) is 0 Å². The molecule has 4 rings (SSSR count). The average molecular weight is 347 g/mol. The van der Waals surface area contributed by atoms with Gasteiger partial charge in [0.25, 0.3) is 5.91 Å². The summed E-state index contributed by atoms with van der Waals surface area (Å²) in [5.41, 5.74) is 2.23. The normalized spacial score (nSPS) is 17.3. The molecular weight excluding hydrogens is 326 g/mol. The molecule has 26 heavy (non-hydrogen) atoms. The Labute approximate surface area is 152 Å². The minimum atomic E-state index is 0.00919. The predicted molar refractivity (Wildman–Crippen MR) is 101 cm³/mol. The number of hydrogen-bond acceptors (Lipinski definition) is 5. The maximum absolute atomic E-state index is 12.6. The Hall–Kier alpha value is -3.02. The van der Waals surface area contributed by atoms with Gasteiger partial charge in [0.2, 0.25) is 5.95 Å². The maximum atomic E-state index is 12.6. The van der Waals surface area contributed by atoms with Crippen molar-refractivity contribution in [3.63, 3.8) is 0 Å². The molecule has 0 aliphatic carbocycles. The number of nitrogens with one attached hydrogen (secondary N) is 1. The summed E-state index contributed by atoms with van der Waals surface area (Å²) in [6, 6.07) is 9.82. The van der Waals surface area contributed by atoms with Crippen molar-refractivity contribution < 1.29 is 4.79 Å². The molecule has 3 heterocycles. The van der Waals surface area contributed by atoms with Crippen molar-refractivity contribution in [2.24, 2.45) is 5.92 Å². The van der Waals surface area contributed by atoms with E-state index in [4.69, 9.17) is 0 Å². The topological polar surface area (TPSA) is 71.0 Å². The van der Waals surface area contributed by atoms with Gasteiger partial charge >= 0.3 is 0 Å². The van der Waals surface area contributed by atoms with Gasteiger partial charge in [-0.25, -0.2) is 9.97 Å². The van der Waals surface area contributed by atoms with Crippen LogP contribution in [0.25, 0.3) is 10.9 Å². The molecule has 1 saturated heterocycles. The largest absolute Gasteiger partial charge is 0.338 e. The lowest BCUT2D eigenvalue weighted by Crippen LogP contribution is -2.39. The molecular formula is C20H21N5O. The highest BCUT2D eigenvalue weighted by atomic mass is 16.2. The summed E-state index contributed by atoms with van der Waals surface area (Å²) in [4.78, 5) is 27.6. The lowest BCUT2D eigenvalue weighted by atomic mass is 10.00. The van der Waals surface area contributed by atoms with Crippen LogP contribution in [0.2, 0.25) is 0 Å². The molecule has 0 radical (unpaired) electrons. The van der Waals surface area contributed by atoms with Crippen LogP contribution in [0.1, 0.15) is 30.1 Å². The Morgan fingerprint density at radius 2 is 1.96 bits per heavy atom. The summed E-state index contributed by atoms with van der Waals surface area (Å²) in [7, 11) is 0. The minimum absolute atomic E-state index is 0.00919. The number of pyridine rings is 1. The standard InChI is InChI=1S/C20H21N5O/c1-14-5-4-10-25(13-14)19(26)16-11-22-20(23-12-16)24-17-8-2-6-15-7-3-9-21-18(15)17/h2-3,6-9,11-12,14H,4-5,10,13H2,1H3,(H,22,23,24). The summed E-state index contributed by atoms with van der Waals surface area (Å²) in [5.74, 6) is 1.01. The average Bonchev–Trinajstić information content (AvgIpc) is 2.68. The Kier molecular flexibility index (Phi) is 4.48. The molecule has 1 aliphatic heterocycles. The van der Waals surface area contributed by atoms with Gasteiger partial charge < -0.3 is 10.2 Å². The van der Waals surface area contributed by atoms with E-state index in [0.29, 0.717) is 17.4 Å². The summed E-state index contributed by atoms with van der Waals surface area (Å²) in [5, 5.41) is 4.23. The van der Waals surface area contributed by atoms with Crippen LogP contribution in [-0.4, -0.2) is 38.8 Å². The number of hydrogen-bond donors (Lipinski definition) is 1. The van der Waals surface area contributed by atoms with Crippen molar-refractivity contribution in [3.8, 4) is 0 Å². The van der Waals surface area contributed by atoms with E-state index < -0.39 is 0 Å². The predicted octanol–water partition coefficient (Wildman–Crippen LogP) is 3.64. The van der Waals surface area contributed by atoms with E-state index in [0.717, 1.165) is 36.1 Å². The highest BCUT2D eigenvalue weighted by Crippen LogP contribution is 2.23. The second-order valence-corrected chi connectivity index (χ2v) is 6.80. The number of likely N-dealkylation sites (tertiary alicyclic amines) is 1. The quantitative estimate of drug-likeness (QED) is 0.783. The molecule has 1 atom stereocenters. The number of amides is 1. The highest BCUT2D eigenvalue weighted by Gasteiger charge is 2.22. The Bertz CT molecular complexity index is 920.